The summed E-state index contributed by atoms with van der Waals surface area (Å²) >= 11 is 0. The van der Waals surface area contributed by atoms with Gasteiger partial charge in [0.1, 0.15) is 5.69 Å². The van der Waals surface area contributed by atoms with E-state index in [2.05, 4.69) is 16.7 Å². The van der Waals surface area contributed by atoms with Crippen LogP contribution in [0, 0.1) is 10.1 Å². The van der Waals surface area contributed by atoms with E-state index < -0.39 is 4.92 Å². The summed E-state index contributed by atoms with van der Waals surface area (Å²) in [6.45, 7) is 6.13. The molecule has 1 aromatic carbocycles. The molecule has 1 heterocycles. The molecule has 1 aliphatic heterocycles. The number of benzene rings is 1. The third-order valence-corrected chi connectivity index (χ3v) is 3.21. The topological polar surface area (TPSA) is 76.4 Å². The number of ether oxygens (including phenoxy) is 1. The summed E-state index contributed by atoms with van der Waals surface area (Å²) in [7, 11) is 0. The monoisotopic (exact) mass is 291 g/mol. The van der Waals surface area contributed by atoms with Crippen molar-refractivity contribution >= 4 is 11.4 Å². The third kappa shape index (κ3) is 4.19. The fourth-order valence-corrected chi connectivity index (χ4v) is 2.24. The number of nitrogens with zero attached hydrogens (tertiary/aromatic N) is 1. The molecule has 0 saturated heterocycles. The lowest BCUT2D eigenvalue weighted by molar-refractivity contribution is -0.385. The molecule has 0 amide bonds. The average Bonchev–Trinajstić information content (AvgIpc) is 2.45. The van der Waals surface area contributed by atoms with Gasteiger partial charge in [0.05, 0.1) is 11.0 Å². The molecule has 0 aliphatic carbocycles. The Morgan fingerprint density at radius 1 is 1.48 bits per heavy atom. The molecule has 0 saturated carbocycles. The summed E-state index contributed by atoms with van der Waals surface area (Å²) in [5.41, 5.74) is 1.76. The number of rotatable bonds is 6. The number of nitro groups is 1. The van der Waals surface area contributed by atoms with E-state index in [9.17, 15) is 10.1 Å². The molecular weight excluding hydrogens is 270 g/mol. The van der Waals surface area contributed by atoms with Crippen LogP contribution in [0.2, 0.25) is 0 Å². The summed E-state index contributed by atoms with van der Waals surface area (Å²) in [5, 5.41) is 17.7. The molecule has 6 nitrogen and oxygen atoms in total. The maximum Gasteiger partial charge on any atom is 0.333 e. The third-order valence-electron chi connectivity index (χ3n) is 3.21. The maximum atomic E-state index is 11.3. The number of nitro benzene ring substituents is 1. The van der Waals surface area contributed by atoms with Gasteiger partial charge in [-0.3, -0.25) is 10.1 Å². The van der Waals surface area contributed by atoms with Crippen molar-refractivity contribution in [2.75, 3.05) is 25.0 Å². The van der Waals surface area contributed by atoms with E-state index >= 15 is 0 Å². The zero-order valence-corrected chi connectivity index (χ0v) is 12.4. The molecule has 0 atom stereocenters. The van der Waals surface area contributed by atoms with Crippen LogP contribution in [0.1, 0.15) is 20.3 Å². The Morgan fingerprint density at radius 2 is 2.29 bits per heavy atom. The largest absolute Gasteiger partial charge is 0.484 e. The lowest BCUT2D eigenvalue weighted by atomic mass is 10.1. The van der Waals surface area contributed by atoms with Crippen LogP contribution in [0.25, 0.3) is 0 Å². The zero-order valence-electron chi connectivity index (χ0n) is 12.4. The van der Waals surface area contributed by atoms with Gasteiger partial charge >= 0.3 is 5.69 Å². The Balaban J connectivity index is 2.17. The summed E-state index contributed by atoms with van der Waals surface area (Å²) < 4.78 is 5.53. The first-order chi connectivity index (χ1) is 10.1. The number of hydrogen-bond acceptors (Lipinski definition) is 5. The van der Waals surface area contributed by atoms with Gasteiger partial charge in [0.25, 0.3) is 0 Å². The van der Waals surface area contributed by atoms with Crippen molar-refractivity contribution in [3.63, 3.8) is 0 Å². The van der Waals surface area contributed by atoms with E-state index in [-0.39, 0.29) is 11.8 Å². The minimum Gasteiger partial charge on any atom is -0.484 e. The molecule has 0 unspecified atom stereocenters. The van der Waals surface area contributed by atoms with Crippen LogP contribution in [0.5, 0.6) is 5.75 Å². The van der Waals surface area contributed by atoms with Gasteiger partial charge in [0.15, 0.2) is 5.75 Å². The predicted octanol–water partition coefficient (Wildman–Crippen LogP) is 2.71. The molecule has 2 N–H and O–H groups in total. The standard InChI is InChI=1S/C15H21N3O3/c1-11(2)21-14-5-3-4-13(15(14)18(19)20)17-10-12-6-8-16-9-7-12/h3-6,11,16-17H,7-10H2,1-2H3. The lowest BCUT2D eigenvalue weighted by Crippen LogP contribution is -2.23. The molecule has 0 spiro atoms. The highest BCUT2D eigenvalue weighted by atomic mass is 16.6. The quantitative estimate of drug-likeness (QED) is 0.479. The van der Waals surface area contributed by atoms with Crippen molar-refractivity contribution < 1.29 is 9.66 Å². The molecule has 0 radical (unpaired) electrons. The van der Waals surface area contributed by atoms with Crippen molar-refractivity contribution in [3.05, 3.63) is 40.0 Å². The van der Waals surface area contributed by atoms with Crippen LogP contribution in [-0.2, 0) is 0 Å². The summed E-state index contributed by atoms with van der Waals surface area (Å²) in [6, 6.07) is 5.11. The maximum absolute atomic E-state index is 11.3. The summed E-state index contributed by atoms with van der Waals surface area (Å²) in [4.78, 5) is 10.9. The SMILES string of the molecule is CC(C)Oc1cccc(NCC2=CCNCC2)c1[N+](=O)[O-]. The van der Waals surface area contributed by atoms with E-state index in [1.54, 1.807) is 18.2 Å². The van der Waals surface area contributed by atoms with Crippen LogP contribution in [0.4, 0.5) is 11.4 Å². The van der Waals surface area contributed by atoms with Crippen molar-refractivity contribution in [3.8, 4) is 5.75 Å². The number of anilines is 1. The Kier molecular flexibility index (Phi) is 5.16. The molecule has 0 bridgehead atoms. The van der Waals surface area contributed by atoms with E-state index in [0.29, 0.717) is 18.0 Å². The Hall–Kier alpha value is -2.08. The van der Waals surface area contributed by atoms with Crippen LogP contribution in [-0.4, -0.2) is 30.7 Å². The van der Waals surface area contributed by atoms with Gasteiger partial charge in [-0.25, -0.2) is 0 Å². The molecule has 1 aliphatic rings. The van der Waals surface area contributed by atoms with Crippen LogP contribution < -0.4 is 15.4 Å². The van der Waals surface area contributed by atoms with Crippen molar-refractivity contribution in [2.45, 2.75) is 26.4 Å². The van der Waals surface area contributed by atoms with Gasteiger partial charge in [-0.15, -0.1) is 0 Å². The fourth-order valence-electron chi connectivity index (χ4n) is 2.24. The summed E-state index contributed by atoms with van der Waals surface area (Å²) in [6.07, 6.45) is 2.98. The van der Waals surface area contributed by atoms with Gasteiger partial charge < -0.3 is 15.4 Å². The molecule has 2 rings (SSSR count). The van der Waals surface area contributed by atoms with Crippen molar-refractivity contribution in [1.29, 1.82) is 0 Å². The van der Waals surface area contributed by atoms with E-state index in [1.807, 2.05) is 13.8 Å². The molecule has 1 aromatic rings. The Bertz CT molecular complexity index is 541. The predicted molar refractivity (Wildman–Crippen MR) is 82.9 cm³/mol. The number of hydrogen-bond donors (Lipinski definition) is 2. The Labute approximate surface area is 124 Å². The van der Waals surface area contributed by atoms with Gasteiger partial charge in [-0.1, -0.05) is 17.7 Å². The van der Waals surface area contributed by atoms with Crippen molar-refractivity contribution in [2.24, 2.45) is 0 Å². The number of para-hydroxylation sites is 1. The van der Waals surface area contributed by atoms with Gasteiger partial charge in [0.2, 0.25) is 0 Å². The van der Waals surface area contributed by atoms with Crippen LogP contribution >= 0.6 is 0 Å². The highest BCUT2D eigenvalue weighted by molar-refractivity contribution is 5.68. The minimum atomic E-state index is -0.392. The molecule has 0 aromatic heterocycles. The fraction of sp³-hybridized carbons (Fsp3) is 0.467. The smallest absolute Gasteiger partial charge is 0.333 e. The van der Waals surface area contributed by atoms with Gasteiger partial charge in [-0.2, -0.15) is 0 Å². The van der Waals surface area contributed by atoms with Gasteiger partial charge in [0, 0.05) is 13.1 Å². The van der Waals surface area contributed by atoms with E-state index in [0.717, 1.165) is 19.5 Å². The van der Waals surface area contributed by atoms with Gasteiger partial charge in [-0.05, 0) is 38.9 Å². The summed E-state index contributed by atoms with van der Waals surface area (Å²) in [5.74, 6) is 0.305. The first-order valence-corrected chi connectivity index (χ1v) is 7.14. The average molecular weight is 291 g/mol. The van der Waals surface area contributed by atoms with Crippen LogP contribution in [0.15, 0.2) is 29.8 Å². The molecular formula is C15H21N3O3. The highest BCUT2D eigenvalue weighted by Gasteiger charge is 2.21. The molecule has 6 heteroatoms. The van der Waals surface area contributed by atoms with Crippen molar-refractivity contribution in [1.82, 2.24) is 5.32 Å². The molecule has 21 heavy (non-hydrogen) atoms. The molecule has 114 valence electrons. The molecule has 0 fully saturated rings. The lowest BCUT2D eigenvalue weighted by Gasteiger charge is -2.16. The van der Waals surface area contributed by atoms with Crippen LogP contribution in [0.3, 0.4) is 0 Å². The second kappa shape index (κ2) is 7.08. The normalized spacial score (nSPS) is 14.7. The number of nitrogens with one attached hydrogen (secondary N) is 2. The zero-order chi connectivity index (χ0) is 15.2. The van der Waals surface area contributed by atoms with E-state index in [4.69, 9.17) is 4.74 Å². The Morgan fingerprint density at radius 3 is 2.90 bits per heavy atom. The van der Waals surface area contributed by atoms with E-state index in [1.165, 1.54) is 5.57 Å². The minimum absolute atomic E-state index is 0.000680. The first-order valence-electron chi connectivity index (χ1n) is 7.14. The second-order valence-electron chi connectivity index (χ2n) is 5.25. The second-order valence-corrected chi connectivity index (χ2v) is 5.25. The highest BCUT2D eigenvalue weighted by Crippen LogP contribution is 2.35. The first kappa shape index (κ1) is 15.3.